The topological polar surface area (TPSA) is 40.5 Å². The Morgan fingerprint density at radius 3 is 2.60 bits per heavy atom. The van der Waals surface area contributed by atoms with Crippen molar-refractivity contribution in [1.29, 1.82) is 0 Å². The second-order valence-corrected chi connectivity index (χ2v) is 3.67. The first kappa shape index (κ1) is 12.0. The van der Waals surface area contributed by atoms with E-state index in [1.54, 1.807) is 6.08 Å². The summed E-state index contributed by atoms with van der Waals surface area (Å²) in [6.45, 7) is 1.83. The standard InChI is InChI=1S/C13H18O2/c1-11(9-10-14)13(15)8-7-12-5-3-2-4-6-12/h2-6,9,13-15H,7-8,10H2,1H3/b11-9-. The molecule has 1 atom stereocenters. The van der Waals surface area contributed by atoms with Crippen molar-refractivity contribution in [3.63, 3.8) is 0 Å². The number of benzene rings is 1. The van der Waals surface area contributed by atoms with Crippen molar-refractivity contribution in [2.24, 2.45) is 0 Å². The van der Waals surface area contributed by atoms with E-state index in [9.17, 15) is 5.11 Å². The maximum atomic E-state index is 9.73. The van der Waals surface area contributed by atoms with Crippen LogP contribution in [0.4, 0.5) is 0 Å². The lowest BCUT2D eigenvalue weighted by molar-refractivity contribution is 0.199. The van der Waals surface area contributed by atoms with Crippen LogP contribution in [0.3, 0.4) is 0 Å². The van der Waals surface area contributed by atoms with Crippen LogP contribution in [0.2, 0.25) is 0 Å². The molecule has 0 aliphatic carbocycles. The van der Waals surface area contributed by atoms with Gasteiger partial charge >= 0.3 is 0 Å². The molecule has 1 aromatic carbocycles. The molecular weight excluding hydrogens is 188 g/mol. The van der Waals surface area contributed by atoms with Gasteiger partial charge in [0.05, 0.1) is 12.7 Å². The van der Waals surface area contributed by atoms with Crippen molar-refractivity contribution in [3.8, 4) is 0 Å². The van der Waals surface area contributed by atoms with Crippen molar-refractivity contribution in [2.75, 3.05) is 6.61 Å². The van der Waals surface area contributed by atoms with Crippen LogP contribution >= 0.6 is 0 Å². The van der Waals surface area contributed by atoms with Crippen molar-refractivity contribution < 1.29 is 10.2 Å². The average molecular weight is 206 g/mol. The van der Waals surface area contributed by atoms with E-state index in [1.165, 1.54) is 5.56 Å². The Balaban J connectivity index is 2.41. The fraction of sp³-hybridized carbons (Fsp3) is 0.385. The zero-order valence-corrected chi connectivity index (χ0v) is 9.06. The molecule has 1 aromatic rings. The molecule has 0 saturated heterocycles. The van der Waals surface area contributed by atoms with Gasteiger partial charge < -0.3 is 10.2 Å². The second-order valence-electron chi connectivity index (χ2n) is 3.67. The van der Waals surface area contributed by atoms with Crippen LogP contribution in [0.1, 0.15) is 18.9 Å². The van der Waals surface area contributed by atoms with E-state index in [2.05, 4.69) is 12.1 Å². The van der Waals surface area contributed by atoms with Crippen LogP contribution in [0.25, 0.3) is 0 Å². The SMILES string of the molecule is C/C(=C/CO)C(O)CCc1ccccc1. The van der Waals surface area contributed by atoms with Gasteiger partial charge in [0.25, 0.3) is 0 Å². The van der Waals surface area contributed by atoms with Crippen LogP contribution in [0, 0.1) is 0 Å². The van der Waals surface area contributed by atoms with Crippen LogP contribution in [-0.2, 0) is 6.42 Å². The Morgan fingerprint density at radius 1 is 1.33 bits per heavy atom. The van der Waals surface area contributed by atoms with Gasteiger partial charge in [-0.15, -0.1) is 0 Å². The van der Waals surface area contributed by atoms with Gasteiger partial charge in [-0.3, -0.25) is 0 Å². The van der Waals surface area contributed by atoms with E-state index >= 15 is 0 Å². The molecule has 0 radical (unpaired) electrons. The Hall–Kier alpha value is -1.12. The third-order valence-corrected chi connectivity index (χ3v) is 2.49. The summed E-state index contributed by atoms with van der Waals surface area (Å²) in [6.07, 6.45) is 2.76. The normalized spacial score (nSPS) is 13.9. The highest BCUT2D eigenvalue weighted by Gasteiger charge is 2.05. The van der Waals surface area contributed by atoms with Crippen LogP contribution < -0.4 is 0 Å². The quantitative estimate of drug-likeness (QED) is 0.723. The summed E-state index contributed by atoms with van der Waals surface area (Å²) in [5, 5.41) is 18.4. The lowest BCUT2D eigenvalue weighted by Gasteiger charge is -2.10. The first-order chi connectivity index (χ1) is 7.24. The van der Waals surface area contributed by atoms with Gasteiger partial charge in [0.15, 0.2) is 0 Å². The monoisotopic (exact) mass is 206 g/mol. The summed E-state index contributed by atoms with van der Waals surface area (Å²) in [4.78, 5) is 0. The van der Waals surface area contributed by atoms with Crippen molar-refractivity contribution in [3.05, 3.63) is 47.5 Å². The van der Waals surface area contributed by atoms with Crippen molar-refractivity contribution >= 4 is 0 Å². The molecule has 2 nitrogen and oxygen atoms in total. The zero-order valence-electron chi connectivity index (χ0n) is 9.06. The largest absolute Gasteiger partial charge is 0.392 e. The molecule has 0 bridgehead atoms. The highest BCUT2D eigenvalue weighted by molar-refractivity contribution is 5.15. The molecule has 1 unspecified atom stereocenters. The highest BCUT2D eigenvalue weighted by Crippen LogP contribution is 2.10. The van der Waals surface area contributed by atoms with E-state index in [4.69, 9.17) is 5.11 Å². The Morgan fingerprint density at radius 2 is 2.00 bits per heavy atom. The van der Waals surface area contributed by atoms with E-state index in [0.717, 1.165) is 12.0 Å². The minimum atomic E-state index is -0.447. The number of hydrogen-bond donors (Lipinski definition) is 2. The molecule has 15 heavy (non-hydrogen) atoms. The minimum absolute atomic E-state index is 0.00572. The Labute approximate surface area is 90.9 Å². The maximum absolute atomic E-state index is 9.73. The van der Waals surface area contributed by atoms with Gasteiger partial charge in [-0.2, -0.15) is 0 Å². The fourth-order valence-electron chi connectivity index (χ4n) is 1.46. The predicted molar refractivity (Wildman–Crippen MR) is 61.6 cm³/mol. The lowest BCUT2D eigenvalue weighted by Crippen LogP contribution is -2.10. The number of aryl methyl sites for hydroxylation is 1. The molecule has 0 amide bonds. The number of aliphatic hydroxyl groups is 2. The van der Waals surface area contributed by atoms with Gasteiger partial charge in [-0.1, -0.05) is 36.4 Å². The summed E-state index contributed by atoms with van der Waals surface area (Å²) < 4.78 is 0. The van der Waals surface area contributed by atoms with Crippen LogP contribution in [-0.4, -0.2) is 22.9 Å². The molecule has 82 valence electrons. The summed E-state index contributed by atoms with van der Waals surface area (Å²) in [5.41, 5.74) is 2.07. The van der Waals surface area contributed by atoms with E-state index < -0.39 is 6.10 Å². The Bertz CT molecular complexity index is 304. The molecule has 0 aliphatic heterocycles. The van der Waals surface area contributed by atoms with Gasteiger partial charge in [0, 0.05) is 0 Å². The van der Waals surface area contributed by atoms with Crippen LogP contribution in [0.15, 0.2) is 42.0 Å². The molecule has 0 spiro atoms. The maximum Gasteiger partial charge on any atom is 0.0751 e. The third-order valence-electron chi connectivity index (χ3n) is 2.49. The molecule has 1 rings (SSSR count). The first-order valence-corrected chi connectivity index (χ1v) is 5.23. The molecular formula is C13H18O2. The third kappa shape index (κ3) is 4.28. The van der Waals surface area contributed by atoms with Crippen molar-refractivity contribution in [2.45, 2.75) is 25.9 Å². The number of rotatable bonds is 5. The molecule has 2 N–H and O–H groups in total. The van der Waals surface area contributed by atoms with Gasteiger partial charge in [0.1, 0.15) is 0 Å². The highest BCUT2D eigenvalue weighted by atomic mass is 16.3. The molecule has 2 heteroatoms. The van der Waals surface area contributed by atoms with Crippen molar-refractivity contribution in [1.82, 2.24) is 0 Å². The second kappa shape index (κ2) is 6.38. The summed E-state index contributed by atoms with van der Waals surface area (Å²) in [7, 11) is 0. The van der Waals surface area contributed by atoms with E-state index in [1.807, 2.05) is 25.1 Å². The van der Waals surface area contributed by atoms with Crippen LogP contribution in [0.5, 0.6) is 0 Å². The predicted octanol–water partition coefficient (Wildman–Crippen LogP) is 1.92. The molecule has 0 aliphatic rings. The van der Waals surface area contributed by atoms with Gasteiger partial charge in [-0.25, -0.2) is 0 Å². The molecule has 0 aromatic heterocycles. The lowest BCUT2D eigenvalue weighted by atomic mass is 10.0. The summed E-state index contributed by atoms with van der Waals surface area (Å²) in [5.74, 6) is 0. The van der Waals surface area contributed by atoms with E-state index in [-0.39, 0.29) is 6.61 Å². The number of aliphatic hydroxyl groups excluding tert-OH is 2. The van der Waals surface area contributed by atoms with E-state index in [0.29, 0.717) is 6.42 Å². The Kier molecular flexibility index (Phi) is 5.08. The minimum Gasteiger partial charge on any atom is -0.392 e. The summed E-state index contributed by atoms with van der Waals surface area (Å²) >= 11 is 0. The summed E-state index contributed by atoms with van der Waals surface area (Å²) in [6, 6.07) is 10.1. The smallest absolute Gasteiger partial charge is 0.0751 e. The van der Waals surface area contributed by atoms with Gasteiger partial charge in [0.2, 0.25) is 0 Å². The molecule has 0 saturated carbocycles. The molecule has 0 fully saturated rings. The van der Waals surface area contributed by atoms with Gasteiger partial charge in [-0.05, 0) is 30.9 Å². The number of hydrogen-bond acceptors (Lipinski definition) is 2. The first-order valence-electron chi connectivity index (χ1n) is 5.23. The molecule has 0 heterocycles. The fourth-order valence-corrected chi connectivity index (χ4v) is 1.46. The average Bonchev–Trinajstić information content (AvgIpc) is 2.27. The zero-order chi connectivity index (χ0) is 11.1.